The van der Waals surface area contributed by atoms with Crippen molar-refractivity contribution in [3.05, 3.63) is 118 Å². The number of carbonyl (C=O) groups excluding carboxylic acids is 2. The van der Waals surface area contributed by atoms with Crippen molar-refractivity contribution < 1.29 is 27.5 Å². The monoisotopic (exact) mass is 735 g/mol. The van der Waals surface area contributed by atoms with Crippen molar-refractivity contribution in [3.63, 3.8) is 0 Å². The molecule has 0 fully saturated rings. The predicted molar refractivity (Wildman–Crippen MR) is 192 cm³/mol. The molecule has 48 heavy (non-hydrogen) atoms. The van der Waals surface area contributed by atoms with E-state index in [0.29, 0.717) is 12.3 Å². The number of ether oxygens (including phenoxy) is 2. The van der Waals surface area contributed by atoms with Gasteiger partial charge in [-0.15, -0.1) is 0 Å². The molecule has 2 amide bonds. The van der Waals surface area contributed by atoms with Crippen LogP contribution >= 0.6 is 15.9 Å². The van der Waals surface area contributed by atoms with Crippen molar-refractivity contribution >= 4 is 43.5 Å². The normalized spacial score (nSPS) is 11.9. The average molecular weight is 737 g/mol. The van der Waals surface area contributed by atoms with Crippen LogP contribution < -0.4 is 19.1 Å². The fourth-order valence-corrected chi connectivity index (χ4v) is 7.01. The van der Waals surface area contributed by atoms with Crippen molar-refractivity contribution in [3.8, 4) is 11.5 Å². The largest absolute Gasteiger partial charge is 0.497 e. The molecule has 1 N–H and O–H groups in total. The summed E-state index contributed by atoms with van der Waals surface area (Å²) in [6, 6.07) is 27.1. The van der Waals surface area contributed by atoms with E-state index in [0.717, 1.165) is 25.5 Å². The van der Waals surface area contributed by atoms with E-state index in [4.69, 9.17) is 9.47 Å². The summed E-state index contributed by atoms with van der Waals surface area (Å²) in [6.07, 6.45) is 0.220. The highest BCUT2D eigenvalue weighted by molar-refractivity contribution is 9.10. The van der Waals surface area contributed by atoms with Gasteiger partial charge < -0.3 is 19.7 Å². The molecule has 0 aliphatic heterocycles. The van der Waals surface area contributed by atoms with E-state index in [9.17, 15) is 18.0 Å². The number of nitrogens with one attached hydrogen (secondary N) is 1. The van der Waals surface area contributed by atoms with Gasteiger partial charge in [0.15, 0.2) is 0 Å². The van der Waals surface area contributed by atoms with Crippen molar-refractivity contribution in [2.75, 3.05) is 31.6 Å². The third-order valence-electron chi connectivity index (χ3n) is 7.74. The lowest BCUT2D eigenvalue weighted by Gasteiger charge is -2.34. The second-order valence-electron chi connectivity index (χ2n) is 11.9. The minimum atomic E-state index is -4.32. The molecule has 0 aliphatic rings. The van der Waals surface area contributed by atoms with Gasteiger partial charge in [-0.1, -0.05) is 89.9 Å². The Morgan fingerprint density at radius 1 is 0.854 bits per heavy atom. The maximum Gasteiger partial charge on any atom is 0.264 e. The van der Waals surface area contributed by atoms with Gasteiger partial charge in [0.25, 0.3) is 10.0 Å². The highest BCUT2D eigenvalue weighted by Crippen LogP contribution is 2.36. The van der Waals surface area contributed by atoms with Gasteiger partial charge in [0.1, 0.15) is 24.1 Å². The number of benzene rings is 4. The maximum absolute atomic E-state index is 14.7. The van der Waals surface area contributed by atoms with Gasteiger partial charge >= 0.3 is 0 Å². The van der Waals surface area contributed by atoms with E-state index < -0.39 is 28.5 Å². The number of sulfonamides is 1. The fraction of sp³-hybridized carbons (Fsp3) is 0.297. The third-order valence-corrected chi connectivity index (χ3v) is 10.0. The molecule has 0 aliphatic carbocycles. The van der Waals surface area contributed by atoms with Crippen molar-refractivity contribution in [2.24, 2.45) is 5.92 Å². The summed E-state index contributed by atoms with van der Waals surface area (Å²) in [5.41, 5.74) is 2.62. The van der Waals surface area contributed by atoms with Gasteiger partial charge in [-0.05, 0) is 60.4 Å². The summed E-state index contributed by atoms with van der Waals surface area (Å²) in [4.78, 5) is 30.2. The minimum absolute atomic E-state index is 0.000162. The van der Waals surface area contributed by atoms with Crippen LogP contribution in [-0.2, 0) is 32.6 Å². The van der Waals surface area contributed by atoms with Crippen molar-refractivity contribution in [2.45, 2.75) is 44.7 Å². The lowest BCUT2D eigenvalue weighted by Crippen LogP contribution is -2.53. The molecule has 4 rings (SSSR count). The summed E-state index contributed by atoms with van der Waals surface area (Å²) in [6.45, 7) is 5.70. The first kappa shape index (κ1) is 36.5. The van der Waals surface area contributed by atoms with Gasteiger partial charge in [0.2, 0.25) is 11.8 Å². The van der Waals surface area contributed by atoms with Crippen LogP contribution in [0.15, 0.2) is 106 Å². The zero-order valence-corrected chi connectivity index (χ0v) is 30.3. The van der Waals surface area contributed by atoms with Crippen LogP contribution in [0.25, 0.3) is 0 Å². The Hall–Kier alpha value is -4.35. The molecule has 1 unspecified atom stereocenters. The molecule has 0 saturated heterocycles. The molecule has 254 valence electrons. The number of methoxy groups -OCH3 is 2. The maximum atomic E-state index is 14.7. The molecule has 4 aromatic rings. The molecule has 0 bridgehead atoms. The number of nitrogens with zero attached hydrogens (tertiary/aromatic N) is 2. The zero-order valence-electron chi connectivity index (χ0n) is 27.9. The van der Waals surface area contributed by atoms with Crippen molar-refractivity contribution in [1.29, 1.82) is 0 Å². The molecule has 0 aromatic heterocycles. The van der Waals surface area contributed by atoms with Crippen LogP contribution in [0, 0.1) is 12.8 Å². The summed E-state index contributed by atoms with van der Waals surface area (Å²) >= 11 is 3.51. The molecule has 4 aromatic carbocycles. The summed E-state index contributed by atoms with van der Waals surface area (Å²) in [7, 11) is -1.42. The molecular formula is C37H42BrN3O6S. The summed E-state index contributed by atoms with van der Waals surface area (Å²) < 4.78 is 41.7. The minimum Gasteiger partial charge on any atom is -0.497 e. The van der Waals surface area contributed by atoms with Crippen LogP contribution in [0.5, 0.6) is 11.5 Å². The van der Waals surface area contributed by atoms with E-state index in [1.807, 2.05) is 75.4 Å². The molecule has 0 spiro atoms. The van der Waals surface area contributed by atoms with Gasteiger partial charge in [0, 0.05) is 30.0 Å². The Morgan fingerprint density at radius 2 is 1.54 bits per heavy atom. The van der Waals surface area contributed by atoms with Crippen LogP contribution in [0.1, 0.15) is 30.5 Å². The third kappa shape index (κ3) is 9.38. The second-order valence-corrected chi connectivity index (χ2v) is 14.6. The zero-order chi connectivity index (χ0) is 34.8. The summed E-state index contributed by atoms with van der Waals surface area (Å²) in [5.74, 6) is -0.119. The number of carbonyl (C=O) groups is 2. The Bertz CT molecular complexity index is 1800. The molecule has 9 nitrogen and oxygen atoms in total. The van der Waals surface area contributed by atoms with E-state index in [-0.39, 0.29) is 41.1 Å². The van der Waals surface area contributed by atoms with E-state index in [1.54, 1.807) is 24.3 Å². The Morgan fingerprint density at radius 3 is 2.17 bits per heavy atom. The van der Waals surface area contributed by atoms with Gasteiger partial charge in [-0.2, -0.15) is 0 Å². The van der Waals surface area contributed by atoms with Crippen LogP contribution in [-0.4, -0.2) is 58.5 Å². The Kier molecular flexibility index (Phi) is 12.7. The quantitative estimate of drug-likeness (QED) is 0.152. The first-order chi connectivity index (χ1) is 22.9. The van der Waals surface area contributed by atoms with Crippen LogP contribution in [0.3, 0.4) is 0 Å². The summed E-state index contributed by atoms with van der Waals surface area (Å²) in [5, 5.41) is 3.00. The SMILES string of the molecule is COc1ccc(OC)c(N(CC(=O)N(Cc2cccc(Br)c2)C(Cc2ccccc2)C(=O)NCC(C)C)S(=O)(=O)c2ccc(C)cc2)c1. The molecule has 0 heterocycles. The predicted octanol–water partition coefficient (Wildman–Crippen LogP) is 6.38. The standard InChI is InChI=1S/C37H42BrN3O6S/c1-26(2)23-39-37(43)34(21-28-10-7-6-8-11-28)40(24-29-12-9-13-30(38)20-29)36(42)25-41(33-22-31(46-4)16-19-35(33)47-5)48(44,45)32-17-14-27(3)15-18-32/h6-20,22,26,34H,21,23-25H2,1-5H3,(H,39,43). The molecule has 0 saturated carbocycles. The van der Waals surface area contributed by atoms with E-state index >= 15 is 0 Å². The van der Waals surface area contributed by atoms with E-state index in [1.165, 1.54) is 37.3 Å². The van der Waals surface area contributed by atoms with Crippen LogP contribution in [0.2, 0.25) is 0 Å². The Balaban J connectivity index is 1.86. The van der Waals surface area contributed by atoms with Crippen molar-refractivity contribution in [1.82, 2.24) is 10.2 Å². The number of amides is 2. The smallest absolute Gasteiger partial charge is 0.264 e. The first-order valence-electron chi connectivity index (χ1n) is 15.6. The first-order valence-corrected chi connectivity index (χ1v) is 17.8. The second kappa shape index (κ2) is 16.7. The number of rotatable bonds is 15. The number of anilines is 1. The fourth-order valence-electron chi connectivity index (χ4n) is 5.15. The highest BCUT2D eigenvalue weighted by atomic mass is 79.9. The van der Waals surface area contributed by atoms with Crippen LogP contribution in [0.4, 0.5) is 5.69 Å². The Labute approximate surface area is 292 Å². The lowest BCUT2D eigenvalue weighted by molar-refractivity contribution is -0.140. The highest BCUT2D eigenvalue weighted by Gasteiger charge is 2.36. The van der Waals surface area contributed by atoms with E-state index in [2.05, 4.69) is 21.2 Å². The lowest BCUT2D eigenvalue weighted by atomic mass is 10.0. The average Bonchev–Trinajstić information content (AvgIpc) is 3.07. The molecular weight excluding hydrogens is 694 g/mol. The van der Waals surface area contributed by atoms with Gasteiger partial charge in [0.05, 0.1) is 24.8 Å². The number of hydrogen-bond donors (Lipinski definition) is 1. The molecule has 1 atom stereocenters. The number of hydrogen-bond acceptors (Lipinski definition) is 6. The topological polar surface area (TPSA) is 105 Å². The number of halogens is 1. The van der Waals surface area contributed by atoms with Gasteiger partial charge in [-0.3, -0.25) is 13.9 Å². The van der Waals surface area contributed by atoms with Gasteiger partial charge in [-0.25, -0.2) is 8.42 Å². The molecule has 0 radical (unpaired) electrons. The molecule has 11 heteroatoms. The number of aryl methyl sites for hydroxylation is 1.